The molecule has 0 aliphatic carbocycles. The number of imidazole rings is 1. The van der Waals surface area contributed by atoms with Crippen molar-refractivity contribution in [3.63, 3.8) is 0 Å². The number of halogens is 1. The molecule has 3 aromatic rings. The van der Waals surface area contributed by atoms with Gasteiger partial charge in [0.25, 0.3) is 0 Å². The molecule has 0 bridgehead atoms. The van der Waals surface area contributed by atoms with Gasteiger partial charge < -0.3 is 19.9 Å². The largest absolute Gasteiger partial charge is 0.374 e. The van der Waals surface area contributed by atoms with Crippen molar-refractivity contribution in [2.45, 2.75) is 26.0 Å². The highest BCUT2D eigenvalue weighted by Crippen LogP contribution is 2.16. The number of rotatable bonds is 9. The van der Waals surface area contributed by atoms with E-state index in [0.29, 0.717) is 24.8 Å². The van der Waals surface area contributed by atoms with E-state index in [4.69, 9.17) is 4.74 Å². The maximum absolute atomic E-state index is 14.4. The Kier molecular flexibility index (Phi) is 7.97. The number of aliphatic imine (C=N–C) groups is 1. The number of hydrogen-bond acceptors (Lipinski definition) is 3. The van der Waals surface area contributed by atoms with E-state index < -0.39 is 0 Å². The zero-order valence-corrected chi connectivity index (χ0v) is 17.4. The Morgan fingerprint density at radius 1 is 1.20 bits per heavy atom. The summed E-state index contributed by atoms with van der Waals surface area (Å²) in [7, 11) is 1.71. The average Bonchev–Trinajstić information content (AvgIpc) is 3.30. The van der Waals surface area contributed by atoms with E-state index in [9.17, 15) is 4.39 Å². The highest BCUT2D eigenvalue weighted by atomic mass is 19.1. The van der Waals surface area contributed by atoms with Crippen LogP contribution in [0.15, 0.2) is 72.2 Å². The van der Waals surface area contributed by atoms with Gasteiger partial charge in [0.15, 0.2) is 5.96 Å². The molecule has 2 aromatic carbocycles. The van der Waals surface area contributed by atoms with Crippen molar-refractivity contribution in [2.75, 3.05) is 20.2 Å². The van der Waals surface area contributed by atoms with Gasteiger partial charge in [-0.15, -0.1) is 0 Å². The summed E-state index contributed by atoms with van der Waals surface area (Å²) in [6, 6.07) is 15.3. The molecule has 0 radical (unpaired) electrons. The van der Waals surface area contributed by atoms with Crippen LogP contribution >= 0.6 is 0 Å². The van der Waals surface area contributed by atoms with E-state index in [0.717, 1.165) is 18.5 Å². The van der Waals surface area contributed by atoms with Crippen molar-refractivity contribution < 1.29 is 9.13 Å². The third-order valence-electron chi connectivity index (χ3n) is 4.73. The molecule has 0 saturated carbocycles. The summed E-state index contributed by atoms with van der Waals surface area (Å²) < 4.78 is 21.9. The predicted octanol–water partition coefficient (Wildman–Crippen LogP) is 3.84. The van der Waals surface area contributed by atoms with Crippen LogP contribution in [0.5, 0.6) is 0 Å². The highest BCUT2D eigenvalue weighted by molar-refractivity contribution is 5.79. The third kappa shape index (κ3) is 6.15. The van der Waals surface area contributed by atoms with Crippen molar-refractivity contribution >= 4 is 5.96 Å². The molecule has 1 heterocycles. The molecule has 0 saturated heterocycles. The Bertz CT molecular complexity index is 928. The zero-order chi connectivity index (χ0) is 21.2. The molecule has 1 aromatic heterocycles. The molecule has 1 atom stereocenters. The third-order valence-corrected chi connectivity index (χ3v) is 4.73. The van der Waals surface area contributed by atoms with Gasteiger partial charge in [-0.25, -0.2) is 9.37 Å². The fourth-order valence-electron chi connectivity index (χ4n) is 3.04. The quantitative estimate of drug-likeness (QED) is 0.320. The van der Waals surface area contributed by atoms with Gasteiger partial charge in [-0.05, 0) is 36.6 Å². The fourth-order valence-corrected chi connectivity index (χ4v) is 3.04. The van der Waals surface area contributed by atoms with Gasteiger partial charge in [0.2, 0.25) is 0 Å². The Balaban J connectivity index is 1.38. The molecule has 0 fully saturated rings. The normalized spacial score (nSPS) is 12.6. The molecule has 1 unspecified atom stereocenters. The van der Waals surface area contributed by atoms with Crippen molar-refractivity contribution in [1.82, 2.24) is 20.2 Å². The second-order valence-corrected chi connectivity index (χ2v) is 6.89. The lowest BCUT2D eigenvalue weighted by Gasteiger charge is -2.15. The first-order chi connectivity index (χ1) is 14.7. The minimum Gasteiger partial charge on any atom is -0.374 e. The van der Waals surface area contributed by atoms with Crippen LogP contribution in [0.25, 0.3) is 5.69 Å². The summed E-state index contributed by atoms with van der Waals surface area (Å²) in [4.78, 5) is 8.16. The smallest absolute Gasteiger partial charge is 0.191 e. The maximum Gasteiger partial charge on any atom is 0.191 e. The fraction of sp³-hybridized carbons (Fsp3) is 0.304. The molecular formula is C23H28FN5O. The second kappa shape index (κ2) is 11.1. The molecule has 6 nitrogen and oxygen atoms in total. The van der Waals surface area contributed by atoms with Crippen LogP contribution in [0.1, 0.15) is 30.6 Å². The van der Waals surface area contributed by atoms with Gasteiger partial charge in [0, 0.05) is 39.1 Å². The number of nitrogens with one attached hydrogen (secondary N) is 2. The molecule has 0 spiro atoms. The summed E-state index contributed by atoms with van der Waals surface area (Å²) >= 11 is 0. The van der Waals surface area contributed by atoms with Gasteiger partial charge in [0.1, 0.15) is 5.82 Å². The van der Waals surface area contributed by atoms with Gasteiger partial charge in [-0.1, -0.05) is 36.4 Å². The summed E-state index contributed by atoms with van der Waals surface area (Å²) in [6.45, 7) is 3.92. The molecule has 30 heavy (non-hydrogen) atoms. The van der Waals surface area contributed by atoms with Crippen molar-refractivity contribution in [3.8, 4) is 5.69 Å². The number of guanidine groups is 1. The van der Waals surface area contributed by atoms with Gasteiger partial charge in [-0.2, -0.15) is 0 Å². The lowest BCUT2D eigenvalue weighted by molar-refractivity contribution is 0.0646. The number of benzene rings is 2. The monoisotopic (exact) mass is 409 g/mol. The SMILES string of the molecule is CN=C(NCCCOC(C)c1ccccc1)NCc1ccc(-n2ccnc2)c(F)c1. The standard InChI is InChI=1S/C23H28FN5O/c1-18(20-7-4-3-5-8-20)30-14-6-11-27-23(25-2)28-16-19-9-10-22(21(24)15-19)29-13-12-26-17-29/h3-5,7-10,12-13,15,17-18H,6,11,14,16H2,1-2H3,(H2,25,27,28). The van der Waals surface area contributed by atoms with E-state index in [-0.39, 0.29) is 11.9 Å². The van der Waals surface area contributed by atoms with Crippen LogP contribution in [-0.4, -0.2) is 35.7 Å². The minimum atomic E-state index is -0.292. The first kappa shape index (κ1) is 21.5. The van der Waals surface area contributed by atoms with Crippen molar-refractivity contribution in [1.29, 1.82) is 0 Å². The Hall–Kier alpha value is -3.19. The molecular weight excluding hydrogens is 381 g/mol. The van der Waals surface area contributed by atoms with E-state index >= 15 is 0 Å². The van der Waals surface area contributed by atoms with E-state index in [1.165, 1.54) is 11.6 Å². The molecule has 7 heteroatoms. The zero-order valence-electron chi connectivity index (χ0n) is 17.4. The van der Waals surface area contributed by atoms with Gasteiger partial charge in [0.05, 0.1) is 18.1 Å². The number of aromatic nitrogens is 2. The minimum absolute atomic E-state index is 0.0730. The van der Waals surface area contributed by atoms with Crippen LogP contribution in [0.3, 0.4) is 0 Å². The first-order valence-electron chi connectivity index (χ1n) is 10.0. The van der Waals surface area contributed by atoms with E-state index in [1.807, 2.05) is 24.3 Å². The lowest BCUT2D eigenvalue weighted by Crippen LogP contribution is -2.37. The number of nitrogens with zero attached hydrogens (tertiary/aromatic N) is 3. The molecule has 0 amide bonds. The van der Waals surface area contributed by atoms with Crippen LogP contribution in [-0.2, 0) is 11.3 Å². The van der Waals surface area contributed by atoms with Crippen LogP contribution in [0.4, 0.5) is 4.39 Å². The maximum atomic E-state index is 14.4. The Morgan fingerprint density at radius 2 is 2.03 bits per heavy atom. The Morgan fingerprint density at radius 3 is 2.73 bits per heavy atom. The van der Waals surface area contributed by atoms with Crippen molar-refractivity contribution in [2.24, 2.45) is 4.99 Å². The van der Waals surface area contributed by atoms with Crippen LogP contribution in [0, 0.1) is 5.82 Å². The average molecular weight is 410 g/mol. The summed E-state index contributed by atoms with van der Waals surface area (Å²) in [5.41, 5.74) is 2.48. The molecule has 158 valence electrons. The van der Waals surface area contributed by atoms with Gasteiger partial charge >= 0.3 is 0 Å². The van der Waals surface area contributed by atoms with Crippen LogP contribution < -0.4 is 10.6 Å². The molecule has 3 rings (SSSR count). The van der Waals surface area contributed by atoms with E-state index in [2.05, 4.69) is 39.7 Å². The van der Waals surface area contributed by atoms with E-state index in [1.54, 1.807) is 36.4 Å². The topological polar surface area (TPSA) is 63.5 Å². The highest BCUT2D eigenvalue weighted by Gasteiger charge is 2.07. The van der Waals surface area contributed by atoms with Gasteiger partial charge in [-0.3, -0.25) is 4.99 Å². The van der Waals surface area contributed by atoms with Crippen molar-refractivity contribution in [3.05, 3.63) is 84.2 Å². The summed E-state index contributed by atoms with van der Waals surface area (Å²) in [5.74, 6) is 0.380. The number of hydrogen-bond donors (Lipinski definition) is 2. The molecule has 0 aliphatic heterocycles. The summed E-state index contributed by atoms with van der Waals surface area (Å²) in [6.07, 6.45) is 5.84. The lowest BCUT2D eigenvalue weighted by atomic mass is 10.1. The van der Waals surface area contributed by atoms with Crippen LogP contribution in [0.2, 0.25) is 0 Å². The second-order valence-electron chi connectivity index (χ2n) is 6.89. The first-order valence-corrected chi connectivity index (χ1v) is 10.0. The Labute approximate surface area is 176 Å². The molecule has 2 N–H and O–H groups in total. The number of ether oxygens (including phenoxy) is 1. The summed E-state index contributed by atoms with van der Waals surface area (Å²) in [5, 5.41) is 6.46. The predicted molar refractivity (Wildman–Crippen MR) is 117 cm³/mol. The molecule has 0 aliphatic rings.